The van der Waals surface area contributed by atoms with Gasteiger partial charge in [-0.3, -0.25) is 4.90 Å². The number of aromatic nitrogens is 2. The molecule has 2 amide bonds. The third-order valence-corrected chi connectivity index (χ3v) is 6.03. The van der Waals surface area contributed by atoms with Crippen molar-refractivity contribution < 1.29 is 14.1 Å². The lowest BCUT2D eigenvalue weighted by atomic mass is 9.94. The van der Waals surface area contributed by atoms with Crippen molar-refractivity contribution in [2.75, 3.05) is 13.2 Å². The van der Waals surface area contributed by atoms with Crippen molar-refractivity contribution in [2.24, 2.45) is 5.92 Å². The Labute approximate surface area is 204 Å². The summed E-state index contributed by atoms with van der Waals surface area (Å²) in [4.78, 5) is 19.5. The van der Waals surface area contributed by atoms with Crippen LogP contribution in [-0.2, 0) is 0 Å². The van der Waals surface area contributed by atoms with Crippen molar-refractivity contribution in [1.82, 2.24) is 20.4 Å². The molecule has 1 N–H and O–H groups in total. The molecule has 1 aliphatic rings. The van der Waals surface area contributed by atoms with Crippen molar-refractivity contribution in [2.45, 2.75) is 40.2 Å². The van der Waals surface area contributed by atoms with Crippen molar-refractivity contribution in [3.63, 3.8) is 0 Å². The summed E-state index contributed by atoms with van der Waals surface area (Å²) < 4.78 is 11.3. The molecule has 1 unspecified atom stereocenters. The number of allylic oxidation sites excluding steroid dienone is 1. The van der Waals surface area contributed by atoms with E-state index in [4.69, 9.17) is 20.9 Å². The fourth-order valence-electron chi connectivity index (χ4n) is 3.97. The number of carbonyl (C=O) groups excluding carboxylic acids is 1. The maximum absolute atomic E-state index is 13.1. The van der Waals surface area contributed by atoms with Crippen LogP contribution in [0.4, 0.5) is 4.79 Å². The summed E-state index contributed by atoms with van der Waals surface area (Å²) in [6.45, 7) is 9.34. The van der Waals surface area contributed by atoms with E-state index < -0.39 is 6.04 Å². The lowest BCUT2D eigenvalue weighted by Gasteiger charge is -2.35. The third-order valence-electron chi connectivity index (χ3n) is 5.79. The molecular formula is C26H29ClN4O3. The standard InChI is InChI=1S/C26H29ClN4O3/c1-5-33-21-11-9-18(10-12-21)23-22(17(4)31(26(32)28-23)14-13-16(2)3)25-29-24(30-34-25)19-7-6-8-20(27)15-19/h6-12,15-16,23H,5,13-14H2,1-4H3,(H,28,32). The topological polar surface area (TPSA) is 80.5 Å². The van der Waals surface area contributed by atoms with Crippen molar-refractivity contribution in [1.29, 1.82) is 0 Å². The predicted molar refractivity (Wildman–Crippen MR) is 132 cm³/mol. The molecule has 1 aromatic heterocycles. The Morgan fingerprint density at radius 1 is 1.21 bits per heavy atom. The predicted octanol–water partition coefficient (Wildman–Crippen LogP) is 6.33. The summed E-state index contributed by atoms with van der Waals surface area (Å²) in [6, 6.07) is 14.4. The fraction of sp³-hybridized carbons (Fsp3) is 0.346. The molecule has 0 aliphatic carbocycles. The van der Waals surface area contributed by atoms with Crippen molar-refractivity contribution in [3.8, 4) is 17.1 Å². The largest absolute Gasteiger partial charge is 0.494 e. The molecule has 178 valence electrons. The zero-order valence-corrected chi connectivity index (χ0v) is 20.6. The lowest BCUT2D eigenvalue weighted by Crippen LogP contribution is -2.46. The van der Waals surface area contributed by atoms with Gasteiger partial charge in [-0.25, -0.2) is 4.79 Å². The molecule has 4 rings (SSSR count). The number of hydrogen-bond donors (Lipinski definition) is 1. The molecule has 0 spiro atoms. The van der Waals surface area contributed by atoms with Crippen LogP contribution >= 0.6 is 11.6 Å². The van der Waals surface area contributed by atoms with E-state index in [0.29, 0.717) is 35.8 Å². The number of nitrogens with one attached hydrogen (secondary N) is 1. The van der Waals surface area contributed by atoms with E-state index in [1.165, 1.54) is 0 Å². The Balaban J connectivity index is 1.76. The smallest absolute Gasteiger partial charge is 0.322 e. The first kappa shape index (κ1) is 23.8. The maximum atomic E-state index is 13.1. The molecule has 0 saturated heterocycles. The molecule has 2 heterocycles. The number of ether oxygens (including phenoxy) is 1. The van der Waals surface area contributed by atoms with Gasteiger partial charge < -0.3 is 14.6 Å². The van der Waals surface area contributed by atoms with Gasteiger partial charge in [0.1, 0.15) is 5.75 Å². The Kier molecular flexibility index (Phi) is 7.22. The number of rotatable bonds is 8. The average Bonchev–Trinajstić information content (AvgIpc) is 3.29. The minimum Gasteiger partial charge on any atom is -0.494 e. The molecule has 0 fully saturated rings. The summed E-state index contributed by atoms with van der Waals surface area (Å²) in [5.41, 5.74) is 3.23. The van der Waals surface area contributed by atoms with Crippen LogP contribution in [0.1, 0.15) is 51.6 Å². The number of nitrogens with zero attached hydrogens (tertiary/aromatic N) is 3. The number of carbonyl (C=O) groups is 1. The summed E-state index contributed by atoms with van der Waals surface area (Å²) >= 11 is 6.15. The first-order valence-electron chi connectivity index (χ1n) is 11.5. The van der Waals surface area contributed by atoms with Crippen LogP contribution in [0.2, 0.25) is 5.02 Å². The molecule has 0 radical (unpaired) electrons. The second-order valence-electron chi connectivity index (χ2n) is 8.65. The Morgan fingerprint density at radius 2 is 1.97 bits per heavy atom. The molecule has 3 aromatic rings. The van der Waals surface area contributed by atoms with Crippen molar-refractivity contribution >= 4 is 23.2 Å². The van der Waals surface area contributed by atoms with E-state index in [0.717, 1.165) is 34.6 Å². The van der Waals surface area contributed by atoms with E-state index >= 15 is 0 Å². The number of urea groups is 1. The molecular weight excluding hydrogens is 452 g/mol. The number of hydrogen-bond acceptors (Lipinski definition) is 5. The normalized spacial score (nSPS) is 16.2. The summed E-state index contributed by atoms with van der Waals surface area (Å²) in [5.74, 6) is 2.04. The monoisotopic (exact) mass is 480 g/mol. The number of halogens is 1. The zero-order chi connectivity index (χ0) is 24.2. The van der Waals surface area contributed by atoms with E-state index in [1.807, 2.05) is 50.2 Å². The first-order chi connectivity index (χ1) is 16.4. The number of amides is 2. The van der Waals surface area contributed by atoms with Gasteiger partial charge in [0.15, 0.2) is 0 Å². The highest BCUT2D eigenvalue weighted by molar-refractivity contribution is 6.30. The van der Waals surface area contributed by atoms with Gasteiger partial charge >= 0.3 is 6.03 Å². The first-order valence-corrected chi connectivity index (χ1v) is 11.9. The quantitative estimate of drug-likeness (QED) is 0.407. The second kappa shape index (κ2) is 10.3. The van der Waals surface area contributed by atoms with Gasteiger partial charge in [-0.15, -0.1) is 0 Å². The minimum absolute atomic E-state index is 0.143. The van der Waals surface area contributed by atoms with Gasteiger partial charge in [0.2, 0.25) is 5.82 Å². The molecule has 1 atom stereocenters. The van der Waals surface area contributed by atoms with Gasteiger partial charge in [-0.2, -0.15) is 4.98 Å². The van der Waals surface area contributed by atoms with Crippen LogP contribution in [0.15, 0.2) is 58.8 Å². The van der Waals surface area contributed by atoms with E-state index in [1.54, 1.807) is 17.0 Å². The van der Waals surface area contributed by atoms with E-state index in [9.17, 15) is 4.79 Å². The Morgan fingerprint density at radius 3 is 2.65 bits per heavy atom. The molecule has 0 bridgehead atoms. The average molecular weight is 481 g/mol. The maximum Gasteiger partial charge on any atom is 0.322 e. The second-order valence-corrected chi connectivity index (χ2v) is 9.09. The van der Waals surface area contributed by atoms with Crippen LogP contribution in [0.3, 0.4) is 0 Å². The highest BCUT2D eigenvalue weighted by atomic mass is 35.5. The fourth-order valence-corrected chi connectivity index (χ4v) is 4.16. The van der Waals surface area contributed by atoms with Crippen LogP contribution in [0, 0.1) is 5.92 Å². The Bertz CT molecular complexity index is 1190. The SMILES string of the molecule is CCOc1ccc(C2NC(=O)N(CCC(C)C)C(C)=C2c2nc(-c3cccc(Cl)c3)no2)cc1. The van der Waals surface area contributed by atoms with E-state index in [-0.39, 0.29) is 6.03 Å². The van der Waals surface area contributed by atoms with E-state index in [2.05, 4.69) is 29.3 Å². The van der Waals surface area contributed by atoms with Crippen LogP contribution in [-0.4, -0.2) is 34.2 Å². The highest BCUT2D eigenvalue weighted by Gasteiger charge is 2.35. The van der Waals surface area contributed by atoms with Crippen LogP contribution in [0.25, 0.3) is 17.0 Å². The Hall–Kier alpha value is -3.32. The third kappa shape index (κ3) is 5.09. The summed E-state index contributed by atoms with van der Waals surface area (Å²) in [6.07, 6.45) is 0.878. The van der Waals surface area contributed by atoms with Crippen LogP contribution in [0.5, 0.6) is 5.75 Å². The van der Waals surface area contributed by atoms with Gasteiger partial charge in [0.05, 0.1) is 18.2 Å². The molecule has 8 heteroatoms. The summed E-state index contributed by atoms with van der Waals surface area (Å²) in [7, 11) is 0. The highest BCUT2D eigenvalue weighted by Crippen LogP contribution is 2.38. The van der Waals surface area contributed by atoms with Gasteiger partial charge in [0.25, 0.3) is 5.89 Å². The lowest BCUT2D eigenvalue weighted by molar-refractivity contribution is 0.202. The van der Waals surface area contributed by atoms with Crippen LogP contribution < -0.4 is 10.1 Å². The van der Waals surface area contributed by atoms with Gasteiger partial charge in [-0.05, 0) is 56.0 Å². The minimum atomic E-state index is -0.439. The van der Waals surface area contributed by atoms with Gasteiger partial charge in [0, 0.05) is 22.8 Å². The molecule has 34 heavy (non-hydrogen) atoms. The van der Waals surface area contributed by atoms with Gasteiger partial charge in [-0.1, -0.05) is 54.9 Å². The molecule has 7 nitrogen and oxygen atoms in total. The number of benzene rings is 2. The zero-order valence-electron chi connectivity index (χ0n) is 19.8. The van der Waals surface area contributed by atoms with Crippen molar-refractivity contribution in [3.05, 3.63) is 70.7 Å². The molecule has 0 saturated carbocycles. The summed E-state index contributed by atoms with van der Waals surface area (Å²) in [5, 5.41) is 7.92. The molecule has 1 aliphatic heterocycles. The molecule has 2 aromatic carbocycles.